The van der Waals surface area contributed by atoms with Crippen LogP contribution in [-0.2, 0) is 0 Å². The minimum absolute atomic E-state index is 0.249. The van der Waals surface area contributed by atoms with Gasteiger partial charge in [-0.05, 0) is 37.6 Å². The molecule has 1 unspecified atom stereocenters. The number of nitrogens with zero attached hydrogens (tertiary/aromatic N) is 2. The lowest BCUT2D eigenvalue weighted by atomic mass is 10.1. The largest absolute Gasteiger partial charge is 0.377 e. The van der Waals surface area contributed by atoms with Crippen molar-refractivity contribution in [2.45, 2.75) is 19.9 Å². The number of aromatic nitrogens is 2. The van der Waals surface area contributed by atoms with Crippen LogP contribution in [0.4, 0.5) is 5.69 Å². The summed E-state index contributed by atoms with van der Waals surface area (Å²) < 4.78 is 0. The third-order valence-corrected chi connectivity index (χ3v) is 4.18. The van der Waals surface area contributed by atoms with Crippen molar-refractivity contribution in [2.75, 3.05) is 5.32 Å². The summed E-state index contributed by atoms with van der Waals surface area (Å²) in [5.74, 6) is 0. The van der Waals surface area contributed by atoms with Gasteiger partial charge in [0.05, 0.1) is 17.1 Å². The van der Waals surface area contributed by atoms with Gasteiger partial charge in [0.15, 0.2) is 0 Å². The number of thiazole rings is 1. The first-order valence-electron chi connectivity index (χ1n) is 6.25. The summed E-state index contributed by atoms with van der Waals surface area (Å²) in [6.07, 6.45) is 3.75. The Balaban J connectivity index is 2.00. The van der Waals surface area contributed by atoms with Gasteiger partial charge in [0.1, 0.15) is 0 Å². The van der Waals surface area contributed by atoms with E-state index >= 15 is 0 Å². The van der Waals surface area contributed by atoms with E-state index in [0.717, 1.165) is 11.2 Å². The number of hydrogen-bond donors (Lipinski definition) is 1. The highest BCUT2D eigenvalue weighted by molar-refractivity contribution is 7.09. The van der Waals surface area contributed by atoms with Crippen LogP contribution < -0.4 is 5.32 Å². The Morgan fingerprint density at radius 3 is 2.95 bits per heavy atom. The number of hydrogen-bond acceptors (Lipinski definition) is 4. The summed E-state index contributed by atoms with van der Waals surface area (Å²) >= 11 is 1.67. The van der Waals surface area contributed by atoms with Crippen molar-refractivity contribution in [3.05, 3.63) is 52.6 Å². The molecule has 3 aromatic rings. The minimum Gasteiger partial charge on any atom is -0.377 e. The first-order chi connectivity index (χ1) is 9.25. The molecule has 0 aliphatic carbocycles. The van der Waals surface area contributed by atoms with Gasteiger partial charge in [-0.1, -0.05) is 6.07 Å². The predicted molar refractivity (Wildman–Crippen MR) is 80.6 cm³/mol. The fourth-order valence-corrected chi connectivity index (χ4v) is 2.81. The molecule has 3 nitrogen and oxygen atoms in total. The molecule has 0 amide bonds. The number of fused-ring (bicyclic) bond motifs is 1. The third kappa shape index (κ3) is 2.31. The van der Waals surface area contributed by atoms with Gasteiger partial charge in [0.2, 0.25) is 0 Å². The summed E-state index contributed by atoms with van der Waals surface area (Å²) in [6, 6.07) is 8.56. The monoisotopic (exact) mass is 269 g/mol. The van der Waals surface area contributed by atoms with Crippen LogP contribution >= 0.6 is 11.3 Å². The first kappa shape index (κ1) is 12.1. The van der Waals surface area contributed by atoms with Gasteiger partial charge in [-0.2, -0.15) is 0 Å². The van der Waals surface area contributed by atoms with Crippen molar-refractivity contribution in [1.82, 2.24) is 9.97 Å². The highest BCUT2D eigenvalue weighted by Gasteiger charge is 2.10. The molecule has 0 bridgehead atoms. The number of nitrogens with one attached hydrogen (secondary N) is 1. The molecule has 0 spiro atoms. The van der Waals surface area contributed by atoms with E-state index in [1.165, 1.54) is 15.8 Å². The van der Waals surface area contributed by atoms with Crippen LogP contribution in [0.1, 0.15) is 23.4 Å². The number of pyridine rings is 1. The van der Waals surface area contributed by atoms with Gasteiger partial charge in [0.25, 0.3) is 0 Å². The number of anilines is 1. The van der Waals surface area contributed by atoms with Crippen LogP contribution in [0.25, 0.3) is 10.9 Å². The van der Waals surface area contributed by atoms with E-state index in [0.29, 0.717) is 0 Å². The normalized spacial score (nSPS) is 12.5. The fraction of sp³-hybridized carbons (Fsp3) is 0.200. The Morgan fingerprint density at radius 1 is 1.26 bits per heavy atom. The van der Waals surface area contributed by atoms with Crippen LogP contribution in [0.15, 0.2) is 42.2 Å². The number of rotatable bonds is 3. The summed E-state index contributed by atoms with van der Waals surface area (Å²) in [4.78, 5) is 9.82. The second-order valence-corrected chi connectivity index (χ2v) is 5.52. The molecule has 1 atom stereocenters. The summed E-state index contributed by atoms with van der Waals surface area (Å²) in [5.41, 5.74) is 5.24. The van der Waals surface area contributed by atoms with Crippen molar-refractivity contribution < 1.29 is 0 Å². The van der Waals surface area contributed by atoms with E-state index in [-0.39, 0.29) is 6.04 Å². The molecule has 0 saturated heterocycles. The highest BCUT2D eigenvalue weighted by Crippen LogP contribution is 2.28. The molecule has 1 N–H and O–H groups in total. The average Bonchev–Trinajstić information content (AvgIpc) is 2.96. The Hall–Kier alpha value is -1.94. The van der Waals surface area contributed by atoms with Crippen LogP contribution in [0.5, 0.6) is 0 Å². The maximum Gasteiger partial charge on any atom is 0.0795 e. The summed E-state index contributed by atoms with van der Waals surface area (Å²) in [7, 11) is 0. The van der Waals surface area contributed by atoms with Gasteiger partial charge in [-0.3, -0.25) is 9.97 Å². The first-order valence-corrected chi connectivity index (χ1v) is 7.13. The van der Waals surface area contributed by atoms with Gasteiger partial charge >= 0.3 is 0 Å². The molecular formula is C15H15N3S. The maximum absolute atomic E-state index is 4.46. The standard InChI is InChI=1S/C15H15N3S/c1-10-5-6-13(12-4-3-7-17-15(10)12)18-11(2)14-8-16-9-19-14/h3-9,11,18H,1-2H3. The third-order valence-electron chi connectivity index (χ3n) is 3.22. The zero-order chi connectivity index (χ0) is 13.2. The van der Waals surface area contributed by atoms with Gasteiger partial charge < -0.3 is 5.32 Å². The average molecular weight is 269 g/mol. The van der Waals surface area contributed by atoms with Crippen LogP contribution in [-0.4, -0.2) is 9.97 Å². The molecule has 0 aliphatic heterocycles. The Kier molecular flexibility index (Phi) is 3.17. The van der Waals surface area contributed by atoms with Crippen molar-refractivity contribution in [3.63, 3.8) is 0 Å². The van der Waals surface area contributed by atoms with E-state index in [1.807, 2.05) is 24.0 Å². The minimum atomic E-state index is 0.249. The molecular weight excluding hydrogens is 254 g/mol. The van der Waals surface area contributed by atoms with E-state index in [2.05, 4.69) is 47.3 Å². The molecule has 96 valence electrons. The molecule has 2 heterocycles. The highest BCUT2D eigenvalue weighted by atomic mass is 32.1. The van der Waals surface area contributed by atoms with E-state index < -0.39 is 0 Å². The Bertz CT molecular complexity index is 692. The zero-order valence-corrected chi connectivity index (χ0v) is 11.7. The SMILES string of the molecule is Cc1ccc(NC(C)c2cncs2)c2cccnc12. The Morgan fingerprint density at radius 2 is 2.16 bits per heavy atom. The van der Waals surface area contributed by atoms with Gasteiger partial charge in [-0.25, -0.2) is 0 Å². The van der Waals surface area contributed by atoms with Gasteiger partial charge in [0, 0.05) is 28.3 Å². The number of benzene rings is 1. The lowest BCUT2D eigenvalue weighted by Crippen LogP contribution is -2.05. The summed E-state index contributed by atoms with van der Waals surface area (Å²) in [6.45, 7) is 4.24. The molecule has 0 radical (unpaired) electrons. The summed E-state index contributed by atoms with van der Waals surface area (Å²) in [5, 5.41) is 4.71. The Labute approximate surface area is 116 Å². The van der Waals surface area contributed by atoms with Crippen LogP contribution in [0.3, 0.4) is 0 Å². The second kappa shape index (κ2) is 4.97. The second-order valence-electron chi connectivity index (χ2n) is 4.60. The molecule has 3 rings (SSSR count). The van der Waals surface area contributed by atoms with Crippen molar-refractivity contribution >= 4 is 27.9 Å². The zero-order valence-electron chi connectivity index (χ0n) is 10.9. The number of aryl methyl sites for hydroxylation is 1. The topological polar surface area (TPSA) is 37.8 Å². The van der Waals surface area contributed by atoms with E-state index in [1.54, 1.807) is 11.3 Å². The van der Waals surface area contributed by atoms with Gasteiger partial charge in [-0.15, -0.1) is 11.3 Å². The van der Waals surface area contributed by atoms with Crippen LogP contribution in [0, 0.1) is 6.92 Å². The smallest absolute Gasteiger partial charge is 0.0795 e. The molecule has 1 aromatic carbocycles. The van der Waals surface area contributed by atoms with E-state index in [9.17, 15) is 0 Å². The van der Waals surface area contributed by atoms with Crippen molar-refractivity contribution in [2.24, 2.45) is 0 Å². The fourth-order valence-electron chi connectivity index (χ4n) is 2.18. The molecule has 0 aliphatic rings. The lowest BCUT2D eigenvalue weighted by Gasteiger charge is -2.15. The molecule has 2 aromatic heterocycles. The maximum atomic E-state index is 4.46. The van der Waals surface area contributed by atoms with Crippen molar-refractivity contribution in [3.8, 4) is 0 Å². The van der Waals surface area contributed by atoms with E-state index in [4.69, 9.17) is 0 Å². The molecule has 19 heavy (non-hydrogen) atoms. The molecule has 0 fully saturated rings. The van der Waals surface area contributed by atoms with Crippen LogP contribution in [0.2, 0.25) is 0 Å². The lowest BCUT2D eigenvalue weighted by molar-refractivity contribution is 0.905. The molecule has 4 heteroatoms. The predicted octanol–water partition coefficient (Wildman–Crippen LogP) is 4.17. The molecule has 0 saturated carbocycles. The van der Waals surface area contributed by atoms with Crippen molar-refractivity contribution in [1.29, 1.82) is 0 Å². The quantitative estimate of drug-likeness (QED) is 0.775.